The molecule has 4 rings (SSSR count). The van der Waals surface area contributed by atoms with Crippen molar-refractivity contribution in [3.63, 3.8) is 0 Å². The van der Waals surface area contributed by atoms with Gasteiger partial charge in [-0.05, 0) is 47.2 Å². The van der Waals surface area contributed by atoms with E-state index in [4.69, 9.17) is 0 Å². The molecule has 2 amide bonds. The van der Waals surface area contributed by atoms with Gasteiger partial charge in [0.25, 0.3) is 5.91 Å². The minimum atomic E-state index is -0.338. The van der Waals surface area contributed by atoms with E-state index in [9.17, 15) is 14.0 Å². The zero-order chi connectivity index (χ0) is 20.2. The zero-order valence-corrected chi connectivity index (χ0v) is 16.0. The first-order valence-electron chi connectivity index (χ1n) is 9.64. The molecular weight excluding hydrogens is 369 g/mol. The van der Waals surface area contributed by atoms with Gasteiger partial charge in [-0.1, -0.05) is 30.3 Å². The van der Waals surface area contributed by atoms with Crippen molar-refractivity contribution in [1.82, 2.24) is 9.80 Å². The minimum absolute atomic E-state index is 0.0196. The first-order chi connectivity index (χ1) is 14.1. The summed E-state index contributed by atoms with van der Waals surface area (Å²) in [5.74, 6) is -0.465. The molecule has 0 aromatic heterocycles. The van der Waals surface area contributed by atoms with Crippen molar-refractivity contribution in [2.45, 2.75) is 0 Å². The summed E-state index contributed by atoms with van der Waals surface area (Å²) in [7, 11) is 0. The molecule has 1 saturated heterocycles. The molecule has 1 fully saturated rings. The van der Waals surface area contributed by atoms with Crippen LogP contribution in [-0.2, 0) is 4.79 Å². The SMILES string of the molecule is O=C(CN1CCN(C(=O)c2ccc3ccccc3c2)CC1)Nc1ccc(F)cc1. The molecule has 1 N–H and O–H groups in total. The number of hydrogen-bond acceptors (Lipinski definition) is 3. The summed E-state index contributed by atoms with van der Waals surface area (Å²) < 4.78 is 12.9. The molecule has 0 unspecified atom stereocenters. The summed E-state index contributed by atoms with van der Waals surface area (Å²) in [6, 6.07) is 19.4. The summed E-state index contributed by atoms with van der Waals surface area (Å²) in [5.41, 5.74) is 1.26. The van der Waals surface area contributed by atoms with Gasteiger partial charge in [0.15, 0.2) is 0 Å². The predicted octanol–water partition coefficient (Wildman–Crippen LogP) is 3.38. The lowest BCUT2D eigenvalue weighted by Gasteiger charge is -2.34. The Morgan fingerprint density at radius 3 is 2.28 bits per heavy atom. The average molecular weight is 391 g/mol. The summed E-state index contributed by atoms with van der Waals surface area (Å²) >= 11 is 0. The number of benzene rings is 3. The quantitative estimate of drug-likeness (QED) is 0.742. The topological polar surface area (TPSA) is 52.7 Å². The third-order valence-corrected chi connectivity index (χ3v) is 5.15. The highest BCUT2D eigenvalue weighted by Crippen LogP contribution is 2.18. The van der Waals surface area contributed by atoms with Gasteiger partial charge < -0.3 is 10.2 Å². The fraction of sp³-hybridized carbons (Fsp3) is 0.217. The van der Waals surface area contributed by atoms with Crippen LogP contribution in [0.5, 0.6) is 0 Å². The first kappa shape index (κ1) is 19.1. The number of nitrogens with one attached hydrogen (secondary N) is 1. The third-order valence-electron chi connectivity index (χ3n) is 5.15. The lowest BCUT2D eigenvalue weighted by Crippen LogP contribution is -2.50. The Kier molecular flexibility index (Phi) is 5.53. The largest absolute Gasteiger partial charge is 0.336 e. The van der Waals surface area contributed by atoms with Crippen molar-refractivity contribution < 1.29 is 14.0 Å². The summed E-state index contributed by atoms with van der Waals surface area (Å²) in [4.78, 5) is 28.9. The van der Waals surface area contributed by atoms with Gasteiger partial charge in [0.1, 0.15) is 5.82 Å². The molecule has 29 heavy (non-hydrogen) atoms. The molecule has 3 aromatic rings. The van der Waals surface area contributed by atoms with Crippen LogP contribution in [0.4, 0.5) is 10.1 Å². The van der Waals surface area contributed by atoms with Gasteiger partial charge in [-0.25, -0.2) is 4.39 Å². The van der Waals surface area contributed by atoms with Crippen molar-refractivity contribution in [3.05, 3.63) is 78.1 Å². The van der Waals surface area contributed by atoms with Crippen LogP contribution < -0.4 is 5.32 Å². The molecule has 148 valence electrons. The van der Waals surface area contributed by atoms with E-state index < -0.39 is 0 Å². The second-order valence-corrected chi connectivity index (χ2v) is 7.19. The number of amides is 2. The first-order valence-corrected chi connectivity index (χ1v) is 9.64. The number of rotatable bonds is 4. The van der Waals surface area contributed by atoms with E-state index in [1.165, 1.54) is 24.3 Å². The van der Waals surface area contributed by atoms with Crippen LogP contribution in [0.25, 0.3) is 10.8 Å². The average Bonchev–Trinajstić information content (AvgIpc) is 2.75. The maximum Gasteiger partial charge on any atom is 0.253 e. The van der Waals surface area contributed by atoms with Gasteiger partial charge in [-0.2, -0.15) is 0 Å². The highest BCUT2D eigenvalue weighted by molar-refractivity contribution is 5.98. The van der Waals surface area contributed by atoms with Gasteiger partial charge in [-0.15, -0.1) is 0 Å². The number of fused-ring (bicyclic) bond motifs is 1. The van der Waals surface area contributed by atoms with E-state index in [1.54, 1.807) is 0 Å². The molecule has 0 spiro atoms. The van der Waals surface area contributed by atoms with Crippen LogP contribution in [0.1, 0.15) is 10.4 Å². The monoisotopic (exact) mass is 391 g/mol. The fourth-order valence-electron chi connectivity index (χ4n) is 3.55. The normalized spacial score (nSPS) is 14.7. The maximum absolute atomic E-state index is 12.9. The van der Waals surface area contributed by atoms with Crippen LogP contribution in [0, 0.1) is 5.82 Å². The lowest BCUT2D eigenvalue weighted by atomic mass is 10.1. The molecule has 0 atom stereocenters. The van der Waals surface area contributed by atoms with Gasteiger partial charge in [0.05, 0.1) is 6.54 Å². The van der Waals surface area contributed by atoms with Crippen LogP contribution in [0.3, 0.4) is 0 Å². The van der Waals surface area contributed by atoms with E-state index in [1.807, 2.05) is 52.3 Å². The minimum Gasteiger partial charge on any atom is -0.336 e. The molecule has 1 aliphatic rings. The van der Waals surface area contributed by atoms with Crippen LogP contribution in [0.2, 0.25) is 0 Å². The number of piperazine rings is 1. The molecule has 1 aliphatic heterocycles. The Morgan fingerprint density at radius 1 is 0.862 bits per heavy atom. The van der Waals surface area contributed by atoms with Crippen molar-refractivity contribution in [2.75, 3.05) is 38.0 Å². The standard InChI is InChI=1S/C23H22FN3O2/c24-20-7-9-21(10-8-20)25-22(28)16-26-11-13-27(14-12-26)23(29)19-6-5-17-3-1-2-4-18(17)15-19/h1-10,15H,11-14,16H2,(H,25,28). The van der Waals surface area contributed by atoms with E-state index in [0.717, 1.165) is 10.8 Å². The number of halogens is 1. The van der Waals surface area contributed by atoms with Gasteiger partial charge >= 0.3 is 0 Å². The zero-order valence-electron chi connectivity index (χ0n) is 16.0. The number of nitrogens with zero attached hydrogens (tertiary/aromatic N) is 2. The van der Waals surface area contributed by atoms with Crippen LogP contribution >= 0.6 is 0 Å². The molecule has 6 heteroatoms. The molecule has 0 radical (unpaired) electrons. The highest BCUT2D eigenvalue weighted by atomic mass is 19.1. The van der Waals surface area contributed by atoms with Crippen molar-refractivity contribution in [2.24, 2.45) is 0 Å². The lowest BCUT2D eigenvalue weighted by molar-refractivity contribution is -0.117. The van der Waals surface area contributed by atoms with E-state index in [-0.39, 0.29) is 24.2 Å². The molecule has 3 aromatic carbocycles. The van der Waals surface area contributed by atoms with Crippen molar-refractivity contribution in [3.8, 4) is 0 Å². The molecule has 0 bridgehead atoms. The predicted molar refractivity (Wildman–Crippen MR) is 111 cm³/mol. The molecule has 0 aliphatic carbocycles. The summed E-state index contributed by atoms with van der Waals surface area (Å²) in [6.45, 7) is 2.67. The molecule has 0 saturated carbocycles. The maximum atomic E-state index is 12.9. The smallest absolute Gasteiger partial charge is 0.253 e. The summed E-state index contributed by atoms with van der Waals surface area (Å²) in [6.07, 6.45) is 0. The van der Waals surface area contributed by atoms with E-state index in [0.29, 0.717) is 37.4 Å². The third kappa shape index (κ3) is 4.60. The Morgan fingerprint density at radius 2 is 1.55 bits per heavy atom. The number of hydrogen-bond donors (Lipinski definition) is 1. The second kappa shape index (κ2) is 8.41. The van der Waals surface area contributed by atoms with Crippen LogP contribution in [-0.4, -0.2) is 54.3 Å². The fourth-order valence-corrected chi connectivity index (χ4v) is 3.55. The number of anilines is 1. The Balaban J connectivity index is 1.30. The second-order valence-electron chi connectivity index (χ2n) is 7.19. The van der Waals surface area contributed by atoms with E-state index in [2.05, 4.69) is 5.32 Å². The molecule has 1 heterocycles. The number of carbonyl (C=O) groups is 2. The van der Waals surface area contributed by atoms with Crippen LogP contribution in [0.15, 0.2) is 66.7 Å². The van der Waals surface area contributed by atoms with Gasteiger partial charge in [0, 0.05) is 37.4 Å². The Labute approximate surface area is 168 Å². The van der Waals surface area contributed by atoms with Crippen molar-refractivity contribution >= 4 is 28.3 Å². The Hall–Kier alpha value is -3.25. The highest BCUT2D eigenvalue weighted by Gasteiger charge is 2.23. The van der Waals surface area contributed by atoms with Crippen molar-refractivity contribution in [1.29, 1.82) is 0 Å². The Bertz CT molecular complexity index is 1030. The summed E-state index contributed by atoms with van der Waals surface area (Å²) in [5, 5.41) is 4.93. The van der Waals surface area contributed by atoms with Gasteiger partial charge in [-0.3, -0.25) is 14.5 Å². The van der Waals surface area contributed by atoms with E-state index >= 15 is 0 Å². The molecular formula is C23H22FN3O2. The molecule has 5 nitrogen and oxygen atoms in total. The number of carbonyl (C=O) groups excluding carboxylic acids is 2. The van der Waals surface area contributed by atoms with Gasteiger partial charge in [0.2, 0.25) is 5.91 Å².